The molecule has 26 heavy (non-hydrogen) atoms. The highest BCUT2D eigenvalue weighted by Gasteiger charge is 2.15. The van der Waals surface area contributed by atoms with E-state index in [0.29, 0.717) is 0 Å². The first-order chi connectivity index (χ1) is 12.6. The van der Waals surface area contributed by atoms with Crippen LogP contribution in [0.1, 0.15) is 16.8 Å². The molecular weight excluding hydrogens is 344 g/mol. The summed E-state index contributed by atoms with van der Waals surface area (Å²) in [6, 6.07) is 14.4. The van der Waals surface area contributed by atoms with Gasteiger partial charge in [-0.2, -0.15) is 0 Å². The van der Waals surface area contributed by atoms with E-state index in [1.807, 2.05) is 18.2 Å². The van der Waals surface area contributed by atoms with Crippen LogP contribution < -0.4 is 9.47 Å². The fourth-order valence-electron chi connectivity index (χ4n) is 2.97. The number of hydrogen-bond acceptors (Lipinski definition) is 5. The highest BCUT2D eigenvalue weighted by Crippen LogP contribution is 2.39. The van der Waals surface area contributed by atoms with Gasteiger partial charge in [-0.15, -0.1) is 11.3 Å². The lowest BCUT2D eigenvalue weighted by atomic mass is 10.1. The largest absolute Gasteiger partial charge is 0.493 e. The fourth-order valence-corrected chi connectivity index (χ4v) is 3.80. The van der Waals surface area contributed by atoms with Gasteiger partial charge in [0.25, 0.3) is 0 Å². The molecule has 3 aromatic rings. The van der Waals surface area contributed by atoms with E-state index in [1.165, 1.54) is 11.1 Å². The van der Waals surface area contributed by atoms with E-state index < -0.39 is 0 Å². The molecule has 0 unspecified atom stereocenters. The van der Waals surface area contributed by atoms with E-state index in [1.54, 1.807) is 25.6 Å². The number of aryl methyl sites for hydroxylation is 1. The molecule has 136 valence electrons. The van der Waals surface area contributed by atoms with Crippen LogP contribution in [0.5, 0.6) is 11.5 Å². The molecule has 0 saturated heterocycles. The molecular formula is C21H24N2O2S. The van der Waals surface area contributed by atoms with Crippen molar-refractivity contribution in [2.24, 2.45) is 0 Å². The number of nitrogens with zero attached hydrogens (tertiary/aromatic N) is 2. The summed E-state index contributed by atoms with van der Waals surface area (Å²) in [6.07, 6.45) is 0. The molecule has 0 aliphatic heterocycles. The fraction of sp³-hybridized carbons (Fsp3) is 0.286. The number of benzene rings is 2. The van der Waals surface area contributed by atoms with Crippen LogP contribution in [-0.4, -0.2) is 31.2 Å². The second-order valence-corrected chi connectivity index (χ2v) is 7.14. The average molecular weight is 369 g/mol. The lowest BCUT2D eigenvalue weighted by Gasteiger charge is -2.16. The smallest absolute Gasteiger partial charge is 0.170 e. The molecule has 0 aliphatic carbocycles. The standard InChI is InChI=1S/C21H24N2O2S/c1-15-8-5-6-9-16(15)12-23(2)13-17-14-26-21(22-17)18-10-7-11-19(24-3)20(18)25-4/h5-11,14H,12-13H2,1-4H3. The summed E-state index contributed by atoms with van der Waals surface area (Å²) >= 11 is 1.63. The van der Waals surface area contributed by atoms with Crippen LogP contribution in [0.15, 0.2) is 47.8 Å². The number of para-hydroxylation sites is 1. The molecule has 5 heteroatoms. The second kappa shape index (κ2) is 8.34. The summed E-state index contributed by atoms with van der Waals surface area (Å²) in [4.78, 5) is 7.09. The van der Waals surface area contributed by atoms with Crippen molar-refractivity contribution in [2.75, 3.05) is 21.3 Å². The van der Waals surface area contributed by atoms with Gasteiger partial charge in [0.15, 0.2) is 11.5 Å². The normalized spacial score (nSPS) is 11.0. The van der Waals surface area contributed by atoms with Crippen LogP contribution in [0.3, 0.4) is 0 Å². The molecule has 3 rings (SSSR count). The number of aromatic nitrogens is 1. The van der Waals surface area contributed by atoms with Crippen LogP contribution in [-0.2, 0) is 13.1 Å². The number of ether oxygens (including phenoxy) is 2. The highest BCUT2D eigenvalue weighted by molar-refractivity contribution is 7.13. The summed E-state index contributed by atoms with van der Waals surface area (Å²) in [5.41, 5.74) is 4.69. The van der Waals surface area contributed by atoms with E-state index in [-0.39, 0.29) is 0 Å². The molecule has 4 nitrogen and oxygen atoms in total. The minimum atomic E-state index is 0.721. The lowest BCUT2D eigenvalue weighted by Crippen LogP contribution is -2.18. The van der Waals surface area contributed by atoms with Gasteiger partial charge in [-0.05, 0) is 37.2 Å². The van der Waals surface area contributed by atoms with E-state index >= 15 is 0 Å². The second-order valence-electron chi connectivity index (χ2n) is 6.28. The Morgan fingerprint density at radius 1 is 1.00 bits per heavy atom. The van der Waals surface area contributed by atoms with Crippen LogP contribution in [0.4, 0.5) is 0 Å². The van der Waals surface area contributed by atoms with Crippen molar-refractivity contribution in [3.05, 3.63) is 64.7 Å². The lowest BCUT2D eigenvalue weighted by molar-refractivity contribution is 0.315. The Labute approximate surface area is 159 Å². The van der Waals surface area contributed by atoms with Crippen molar-refractivity contribution in [3.8, 4) is 22.1 Å². The Morgan fingerprint density at radius 3 is 2.54 bits per heavy atom. The predicted octanol–water partition coefficient (Wildman–Crippen LogP) is 4.77. The van der Waals surface area contributed by atoms with Crippen molar-refractivity contribution < 1.29 is 9.47 Å². The van der Waals surface area contributed by atoms with Crippen LogP contribution in [0.25, 0.3) is 10.6 Å². The zero-order valence-corrected chi connectivity index (χ0v) is 16.5. The third-order valence-electron chi connectivity index (χ3n) is 4.32. The molecule has 0 N–H and O–H groups in total. The SMILES string of the molecule is COc1cccc(-c2nc(CN(C)Cc3ccccc3C)cs2)c1OC. The Hall–Kier alpha value is -2.37. The Kier molecular flexibility index (Phi) is 5.91. The van der Waals surface area contributed by atoms with Gasteiger partial charge in [0, 0.05) is 18.5 Å². The molecule has 0 radical (unpaired) electrons. The highest BCUT2D eigenvalue weighted by atomic mass is 32.1. The Morgan fingerprint density at radius 2 is 1.81 bits per heavy atom. The molecule has 0 atom stereocenters. The Balaban J connectivity index is 1.75. The third-order valence-corrected chi connectivity index (χ3v) is 5.24. The summed E-state index contributed by atoms with van der Waals surface area (Å²) < 4.78 is 10.9. The van der Waals surface area contributed by atoms with Gasteiger partial charge in [0.2, 0.25) is 0 Å². The van der Waals surface area contributed by atoms with E-state index in [0.717, 1.165) is 40.9 Å². The maximum Gasteiger partial charge on any atom is 0.170 e. The molecule has 0 spiro atoms. The van der Waals surface area contributed by atoms with Crippen LogP contribution in [0.2, 0.25) is 0 Å². The van der Waals surface area contributed by atoms with Crippen molar-refractivity contribution in [3.63, 3.8) is 0 Å². The van der Waals surface area contributed by atoms with Gasteiger partial charge in [-0.25, -0.2) is 4.98 Å². The molecule has 0 fully saturated rings. The van der Waals surface area contributed by atoms with Crippen molar-refractivity contribution in [2.45, 2.75) is 20.0 Å². The van der Waals surface area contributed by atoms with Gasteiger partial charge in [-0.1, -0.05) is 30.3 Å². The van der Waals surface area contributed by atoms with Crippen molar-refractivity contribution >= 4 is 11.3 Å². The Bertz CT molecular complexity index is 876. The van der Waals surface area contributed by atoms with Crippen LogP contribution >= 0.6 is 11.3 Å². The minimum absolute atomic E-state index is 0.721. The summed E-state index contributed by atoms with van der Waals surface area (Å²) in [7, 11) is 5.43. The first-order valence-electron chi connectivity index (χ1n) is 8.51. The zero-order valence-electron chi connectivity index (χ0n) is 15.7. The van der Waals surface area contributed by atoms with Gasteiger partial charge in [-0.3, -0.25) is 4.90 Å². The van der Waals surface area contributed by atoms with E-state index in [4.69, 9.17) is 14.5 Å². The number of rotatable bonds is 7. The quantitative estimate of drug-likeness (QED) is 0.602. The van der Waals surface area contributed by atoms with Gasteiger partial charge >= 0.3 is 0 Å². The van der Waals surface area contributed by atoms with E-state index in [2.05, 4.69) is 48.5 Å². The van der Waals surface area contributed by atoms with Crippen molar-refractivity contribution in [1.82, 2.24) is 9.88 Å². The maximum atomic E-state index is 5.54. The first-order valence-corrected chi connectivity index (χ1v) is 9.39. The monoisotopic (exact) mass is 368 g/mol. The molecule has 1 aromatic heterocycles. The van der Waals surface area contributed by atoms with E-state index in [9.17, 15) is 0 Å². The summed E-state index contributed by atoms with van der Waals surface area (Å²) in [6.45, 7) is 3.86. The third kappa shape index (κ3) is 4.06. The molecule has 0 aliphatic rings. The predicted molar refractivity (Wildman–Crippen MR) is 107 cm³/mol. The topological polar surface area (TPSA) is 34.6 Å². The van der Waals surface area contributed by atoms with Crippen LogP contribution in [0, 0.1) is 6.92 Å². The summed E-state index contributed by atoms with van der Waals surface area (Å²) in [5.74, 6) is 1.45. The molecule has 0 saturated carbocycles. The van der Waals surface area contributed by atoms with Gasteiger partial charge in [0.05, 0.1) is 25.5 Å². The first kappa shape index (κ1) is 18.4. The molecule has 2 aromatic carbocycles. The maximum absolute atomic E-state index is 5.54. The summed E-state index contributed by atoms with van der Waals surface area (Å²) in [5, 5.41) is 3.06. The van der Waals surface area contributed by atoms with Crippen molar-refractivity contribution in [1.29, 1.82) is 0 Å². The zero-order chi connectivity index (χ0) is 18.5. The number of methoxy groups -OCH3 is 2. The molecule has 0 bridgehead atoms. The van der Waals surface area contributed by atoms with Gasteiger partial charge < -0.3 is 9.47 Å². The average Bonchev–Trinajstić information content (AvgIpc) is 3.11. The minimum Gasteiger partial charge on any atom is -0.493 e. The molecule has 0 amide bonds. The van der Waals surface area contributed by atoms with Gasteiger partial charge in [0.1, 0.15) is 5.01 Å². The number of hydrogen-bond donors (Lipinski definition) is 0. The molecule has 1 heterocycles. The number of thiazole rings is 1.